The molecule has 0 bridgehead atoms. The Labute approximate surface area is 272 Å². The predicted molar refractivity (Wildman–Crippen MR) is 179 cm³/mol. The molecule has 0 unspecified atom stereocenters. The van der Waals surface area contributed by atoms with Gasteiger partial charge in [0.1, 0.15) is 0 Å². The van der Waals surface area contributed by atoms with E-state index in [-0.39, 0.29) is 42.6 Å². The number of hydrogen-bond acceptors (Lipinski definition) is 7. The van der Waals surface area contributed by atoms with Crippen molar-refractivity contribution in [2.75, 3.05) is 25.5 Å². The first-order chi connectivity index (χ1) is 22.2. The number of ether oxygens (including phenoxy) is 2. The standard InChI is InChI=1S/C37H49N3O6/c1-25-33(23-40(4)26(2)35(44)29-11-7-5-8-12-29)45-37(46-36(25)30-16-14-28(24-41)15-17-30)31-18-20-32(21-19-31)39-34(43)13-9-6-10-22-38-27(3)42/h5,7-8,11-12,14-21,25-26,33,35-37,41,44H,6,9-10,13,22-24H2,1-4H3,(H,38,42)(H,39,43)/t25-,26-,33+,35-,36+,37+/m0/s1. The molecule has 6 atom stereocenters. The molecule has 0 spiro atoms. The highest BCUT2D eigenvalue weighted by Gasteiger charge is 2.39. The molecule has 3 aromatic carbocycles. The number of rotatable bonds is 15. The minimum absolute atomic E-state index is 0.00320. The summed E-state index contributed by atoms with van der Waals surface area (Å²) in [5.74, 6) is -0.0906. The third-order valence-electron chi connectivity index (χ3n) is 8.81. The molecule has 3 aromatic rings. The number of anilines is 1. The second kappa shape index (κ2) is 17.4. The van der Waals surface area contributed by atoms with Crippen LogP contribution < -0.4 is 10.6 Å². The largest absolute Gasteiger partial charge is 0.392 e. The number of hydrogen-bond donors (Lipinski definition) is 4. The van der Waals surface area contributed by atoms with Crippen molar-refractivity contribution in [3.63, 3.8) is 0 Å². The van der Waals surface area contributed by atoms with Gasteiger partial charge >= 0.3 is 0 Å². The van der Waals surface area contributed by atoms with Gasteiger partial charge in [-0.15, -0.1) is 0 Å². The zero-order valence-corrected chi connectivity index (χ0v) is 27.4. The summed E-state index contributed by atoms with van der Waals surface area (Å²) in [7, 11) is 2.00. The van der Waals surface area contributed by atoms with Crippen LogP contribution in [0.2, 0.25) is 0 Å². The van der Waals surface area contributed by atoms with Gasteiger partial charge in [0.05, 0.1) is 24.9 Å². The number of aliphatic hydroxyl groups is 2. The molecule has 0 aromatic heterocycles. The predicted octanol–water partition coefficient (Wildman–Crippen LogP) is 5.66. The Morgan fingerprint density at radius 3 is 2.24 bits per heavy atom. The average Bonchev–Trinajstić information content (AvgIpc) is 3.07. The van der Waals surface area contributed by atoms with Gasteiger partial charge in [-0.1, -0.05) is 80.1 Å². The molecule has 1 aliphatic heterocycles. The molecular formula is C37H49N3O6. The maximum absolute atomic E-state index is 12.5. The van der Waals surface area contributed by atoms with Crippen molar-refractivity contribution in [2.45, 2.75) is 83.7 Å². The Hall–Kier alpha value is -3.60. The third-order valence-corrected chi connectivity index (χ3v) is 8.81. The zero-order valence-electron chi connectivity index (χ0n) is 27.4. The molecule has 1 fully saturated rings. The van der Waals surface area contributed by atoms with Crippen LogP contribution in [-0.2, 0) is 25.7 Å². The van der Waals surface area contributed by atoms with E-state index in [1.54, 1.807) is 0 Å². The summed E-state index contributed by atoms with van der Waals surface area (Å²) in [5.41, 5.74) is 4.25. The first kappa shape index (κ1) is 35.3. The number of unbranched alkanes of at least 4 members (excludes halogenated alkanes) is 2. The van der Waals surface area contributed by atoms with E-state index in [2.05, 4.69) is 22.5 Å². The quantitative estimate of drug-likeness (QED) is 0.160. The van der Waals surface area contributed by atoms with Crippen molar-refractivity contribution < 1.29 is 29.3 Å². The van der Waals surface area contributed by atoms with Crippen molar-refractivity contribution in [3.05, 3.63) is 101 Å². The van der Waals surface area contributed by atoms with E-state index in [0.717, 1.165) is 41.5 Å². The Balaban J connectivity index is 1.43. The maximum Gasteiger partial charge on any atom is 0.224 e. The number of nitrogens with zero attached hydrogens (tertiary/aromatic N) is 1. The Morgan fingerprint density at radius 1 is 0.913 bits per heavy atom. The van der Waals surface area contributed by atoms with E-state index in [1.165, 1.54) is 6.92 Å². The average molecular weight is 632 g/mol. The molecule has 4 N–H and O–H groups in total. The molecule has 1 aliphatic rings. The van der Waals surface area contributed by atoms with Crippen LogP contribution in [0.1, 0.15) is 87.2 Å². The number of aliphatic hydroxyl groups excluding tert-OH is 2. The molecule has 1 heterocycles. The van der Waals surface area contributed by atoms with Crippen molar-refractivity contribution >= 4 is 17.5 Å². The van der Waals surface area contributed by atoms with Crippen LogP contribution in [0.4, 0.5) is 5.69 Å². The highest BCUT2D eigenvalue weighted by Crippen LogP contribution is 2.42. The smallest absolute Gasteiger partial charge is 0.224 e. The minimum atomic E-state index is -0.648. The summed E-state index contributed by atoms with van der Waals surface area (Å²) in [6.07, 6.45) is 1.13. The van der Waals surface area contributed by atoms with Crippen LogP contribution in [0.5, 0.6) is 0 Å². The fourth-order valence-corrected chi connectivity index (χ4v) is 5.75. The van der Waals surface area contributed by atoms with Crippen molar-refractivity contribution in [2.24, 2.45) is 5.92 Å². The molecule has 4 rings (SSSR count). The fraction of sp³-hybridized carbons (Fsp3) is 0.459. The van der Waals surface area contributed by atoms with Gasteiger partial charge in [0.25, 0.3) is 0 Å². The summed E-state index contributed by atoms with van der Waals surface area (Å²) < 4.78 is 13.2. The Kier molecular flexibility index (Phi) is 13.3. The molecular weight excluding hydrogens is 582 g/mol. The summed E-state index contributed by atoms with van der Waals surface area (Å²) in [4.78, 5) is 25.6. The SMILES string of the molecule is CC(=O)NCCCCCC(=O)Nc1ccc([C@@H]2O[C@H](CN(C)[C@@H](C)[C@H](O)c3ccccc3)[C@H](C)[C@H](c3ccc(CO)cc3)O2)cc1. The minimum Gasteiger partial charge on any atom is -0.392 e. The van der Waals surface area contributed by atoms with Crippen LogP contribution in [0.25, 0.3) is 0 Å². The highest BCUT2D eigenvalue weighted by atomic mass is 16.7. The zero-order chi connectivity index (χ0) is 33.1. The lowest BCUT2D eigenvalue weighted by Gasteiger charge is -2.43. The molecule has 46 heavy (non-hydrogen) atoms. The van der Waals surface area contributed by atoms with E-state index < -0.39 is 12.4 Å². The molecule has 0 saturated carbocycles. The Morgan fingerprint density at radius 2 is 1.59 bits per heavy atom. The monoisotopic (exact) mass is 631 g/mol. The van der Waals surface area contributed by atoms with E-state index in [9.17, 15) is 19.8 Å². The van der Waals surface area contributed by atoms with Crippen LogP contribution in [0.15, 0.2) is 78.9 Å². The number of benzene rings is 3. The van der Waals surface area contributed by atoms with Gasteiger partial charge in [-0.2, -0.15) is 0 Å². The van der Waals surface area contributed by atoms with E-state index >= 15 is 0 Å². The van der Waals surface area contributed by atoms with Crippen LogP contribution >= 0.6 is 0 Å². The number of carbonyl (C=O) groups is 2. The van der Waals surface area contributed by atoms with E-state index in [0.29, 0.717) is 25.2 Å². The van der Waals surface area contributed by atoms with Gasteiger partial charge in [0, 0.05) is 49.6 Å². The summed E-state index contributed by atoms with van der Waals surface area (Å²) >= 11 is 0. The van der Waals surface area contributed by atoms with E-state index in [4.69, 9.17) is 9.47 Å². The van der Waals surface area contributed by atoms with Gasteiger partial charge in [0.15, 0.2) is 6.29 Å². The van der Waals surface area contributed by atoms with Gasteiger partial charge in [-0.25, -0.2) is 0 Å². The molecule has 0 radical (unpaired) electrons. The normalized spacial score (nSPS) is 21.0. The second-order valence-corrected chi connectivity index (χ2v) is 12.3. The molecule has 2 amide bonds. The Bertz CT molecular complexity index is 1370. The summed E-state index contributed by atoms with van der Waals surface area (Å²) in [5, 5.41) is 26.4. The first-order valence-electron chi connectivity index (χ1n) is 16.2. The first-order valence-corrected chi connectivity index (χ1v) is 16.2. The molecule has 1 saturated heterocycles. The topological polar surface area (TPSA) is 120 Å². The molecule has 0 aliphatic carbocycles. The number of likely N-dealkylation sites (N-methyl/N-ethyl adjacent to an activating group) is 1. The van der Waals surface area contributed by atoms with Crippen LogP contribution in [0.3, 0.4) is 0 Å². The molecule has 9 nitrogen and oxygen atoms in total. The second-order valence-electron chi connectivity index (χ2n) is 12.3. The summed E-state index contributed by atoms with van der Waals surface area (Å²) in [6, 6.07) is 24.9. The van der Waals surface area contributed by atoms with Crippen LogP contribution in [0, 0.1) is 5.92 Å². The number of amides is 2. The number of carbonyl (C=O) groups excluding carboxylic acids is 2. The summed E-state index contributed by atoms with van der Waals surface area (Å²) in [6.45, 7) is 6.82. The van der Waals surface area contributed by atoms with E-state index in [1.807, 2.05) is 92.8 Å². The number of nitrogens with one attached hydrogen (secondary N) is 2. The highest BCUT2D eigenvalue weighted by molar-refractivity contribution is 5.90. The molecule has 9 heteroatoms. The lowest BCUT2D eigenvalue weighted by atomic mass is 9.89. The fourth-order valence-electron chi connectivity index (χ4n) is 5.75. The van der Waals surface area contributed by atoms with Gasteiger partial charge in [0.2, 0.25) is 11.8 Å². The molecule has 248 valence electrons. The van der Waals surface area contributed by atoms with Crippen molar-refractivity contribution in [1.82, 2.24) is 10.2 Å². The lowest BCUT2D eigenvalue weighted by Crippen LogP contribution is -2.46. The van der Waals surface area contributed by atoms with Crippen molar-refractivity contribution in [1.29, 1.82) is 0 Å². The maximum atomic E-state index is 12.5. The van der Waals surface area contributed by atoms with Gasteiger partial charge in [-0.05, 0) is 55.6 Å². The van der Waals surface area contributed by atoms with Crippen molar-refractivity contribution in [3.8, 4) is 0 Å². The van der Waals surface area contributed by atoms with Gasteiger partial charge in [-0.3, -0.25) is 14.5 Å². The van der Waals surface area contributed by atoms with Crippen LogP contribution in [-0.4, -0.2) is 59.2 Å². The lowest BCUT2D eigenvalue weighted by molar-refractivity contribution is -0.276. The third kappa shape index (κ3) is 9.95. The van der Waals surface area contributed by atoms with Gasteiger partial charge < -0.3 is 30.3 Å².